The minimum absolute atomic E-state index is 0.712. The van der Waals surface area contributed by atoms with E-state index in [9.17, 15) is 5.11 Å². The fourth-order valence-electron chi connectivity index (χ4n) is 4.06. The zero-order chi connectivity index (χ0) is 17.7. The van der Waals surface area contributed by atoms with Gasteiger partial charge in [0.05, 0.1) is 19.8 Å². The fourth-order valence-corrected chi connectivity index (χ4v) is 4.06. The molecule has 0 aromatic heterocycles. The molecule has 0 unspecified atom stereocenters. The summed E-state index contributed by atoms with van der Waals surface area (Å²) in [5.41, 5.74) is 0.0747. The smallest absolute Gasteiger partial charge is 0.128 e. The maximum atomic E-state index is 11.2. The molecule has 0 atom stereocenters. The van der Waals surface area contributed by atoms with Gasteiger partial charge in [0.15, 0.2) is 0 Å². The van der Waals surface area contributed by atoms with E-state index in [1.54, 1.807) is 14.2 Å². The van der Waals surface area contributed by atoms with Crippen LogP contribution in [-0.4, -0.2) is 68.4 Å². The highest BCUT2D eigenvalue weighted by atomic mass is 16.5. The molecule has 2 aliphatic rings. The largest absolute Gasteiger partial charge is 0.497 e. The van der Waals surface area contributed by atoms with Gasteiger partial charge >= 0.3 is 0 Å². The molecule has 5 nitrogen and oxygen atoms in total. The standard InChI is InChI=1S/C20H32N2O3/c1-24-17-6-7-18(19(16-17)25-2)20(23)8-12-22(13-9-20)15-14-21-10-4-3-5-11-21/h6-7,16,23H,3-5,8-15H2,1-2H3. The first-order valence-electron chi connectivity index (χ1n) is 9.54. The Kier molecular flexibility index (Phi) is 6.20. The van der Waals surface area contributed by atoms with Crippen molar-refractivity contribution in [1.29, 1.82) is 0 Å². The molecule has 25 heavy (non-hydrogen) atoms. The van der Waals surface area contributed by atoms with Crippen molar-refractivity contribution in [3.63, 3.8) is 0 Å². The molecular formula is C20H32N2O3. The van der Waals surface area contributed by atoms with Crippen molar-refractivity contribution in [3.8, 4) is 11.5 Å². The Hall–Kier alpha value is -1.30. The van der Waals surface area contributed by atoms with E-state index < -0.39 is 5.60 Å². The maximum absolute atomic E-state index is 11.2. The molecule has 1 N–H and O–H groups in total. The minimum Gasteiger partial charge on any atom is -0.497 e. The van der Waals surface area contributed by atoms with Crippen LogP contribution in [0.2, 0.25) is 0 Å². The zero-order valence-corrected chi connectivity index (χ0v) is 15.7. The molecule has 0 aliphatic carbocycles. The number of hydrogen-bond acceptors (Lipinski definition) is 5. The van der Waals surface area contributed by atoms with E-state index in [0.717, 1.165) is 50.3 Å². The summed E-state index contributed by atoms with van der Waals surface area (Å²) in [6.45, 7) is 6.63. The van der Waals surface area contributed by atoms with Crippen molar-refractivity contribution in [3.05, 3.63) is 23.8 Å². The van der Waals surface area contributed by atoms with Crippen LogP contribution in [0.25, 0.3) is 0 Å². The Morgan fingerprint density at radius 1 is 0.920 bits per heavy atom. The number of rotatable bonds is 6. The molecule has 140 valence electrons. The highest BCUT2D eigenvalue weighted by Gasteiger charge is 2.36. The maximum Gasteiger partial charge on any atom is 0.128 e. The summed E-state index contributed by atoms with van der Waals surface area (Å²) in [4.78, 5) is 5.07. The van der Waals surface area contributed by atoms with E-state index in [1.165, 1.54) is 32.4 Å². The van der Waals surface area contributed by atoms with Crippen LogP contribution >= 0.6 is 0 Å². The summed E-state index contributed by atoms with van der Waals surface area (Å²) in [6.07, 6.45) is 5.57. The van der Waals surface area contributed by atoms with Crippen molar-refractivity contribution in [2.45, 2.75) is 37.7 Å². The van der Waals surface area contributed by atoms with Gasteiger partial charge in [-0.3, -0.25) is 0 Å². The van der Waals surface area contributed by atoms with Gasteiger partial charge in [-0.2, -0.15) is 0 Å². The lowest BCUT2D eigenvalue weighted by Crippen LogP contribution is -2.45. The summed E-state index contributed by atoms with van der Waals surface area (Å²) in [5, 5.41) is 11.2. The Labute approximate surface area is 151 Å². The molecule has 5 heteroatoms. The normalized spacial score (nSPS) is 21.9. The number of aliphatic hydroxyl groups is 1. The molecule has 2 aliphatic heterocycles. The van der Waals surface area contributed by atoms with Crippen LogP contribution in [-0.2, 0) is 5.60 Å². The molecule has 0 spiro atoms. The predicted molar refractivity (Wildman–Crippen MR) is 99.4 cm³/mol. The predicted octanol–water partition coefficient (Wildman–Crippen LogP) is 2.47. The third-order valence-electron chi connectivity index (χ3n) is 5.77. The van der Waals surface area contributed by atoms with Crippen LogP contribution in [0.3, 0.4) is 0 Å². The number of piperidine rings is 2. The fraction of sp³-hybridized carbons (Fsp3) is 0.700. The van der Waals surface area contributed by atoms with Crippen LogP contribution in [0, 0.1) is 0 Å². The van der Waals surface area contributed by atoms with Gasteiger partial charge in [-0.1, -0.05) is 6.42 Å². The number of methoxy groups -OCH3 is 2. The first kappa shape index (κ1) is 18.5. The summed E-state index contributed by atoms with van der Waals surface area (Å²) in [7, 11) is 3.29. The molecule has 2 saturated heterocycles. The number of ether oxygens (including phenoxy) is 2. The molecule has 0 amide bonds. The first-order chi connectivity index (χ1) is 12.1. The average molecular weight is 348 g/mol. The van der Waals surface area contributed by atoms with E-state index in [2.05, 4.69) is 9.80 Å². The number of benzene rings is 1. The number of likely N-dealkylation sites (tertiary alicyclic amines) is 2. The number of hydrogen-bond donors (Lipinski definition) is 1. The topological polar surface area (TPSA) is 45.2 Å². The Morgan fingerprint density at radius 3 is 2.16 bits per heavy atom. The van der Waals surface area contributed by atoms with Gasteiger partial charge in [0, 0.05) is 37.8 Å². The minimum atomic E-state index is -0.806. The van der Waals surface area contributed by atoms with Crippen LogP contribution in [0.15, 0.2) is 18.2 Å². The van der Waals surface area contributed by atoms with Crippen LogP contribution < -0.4 is 9.47 Å². The second-order valence-corrected chi connectivity index (χ2v) is 7.34. The second kappa shape index (κ2) is 8.39. The third-order valence-corrected chi connectivity index (χ3v) is 5.77. The summed E-state index contributed by atoms with van der Waals surface area (Å²) in [5.74, 6) is 1.46. The third kappa shape index (κ3) is 4.46. The van der Waals surface area contributed by atoms with Gasteiger partial charge in [-0.25, -0.2) is 0 Å². The monoisotopic (exact) mass is 348 g/mol. The summed E-state index contributed by atoms with van der Waals surface area (Å²) >= 11 is 0. The lowest BCUT2D eigenvalue weighted by atomic mass is 9.83. The SMILES string of the molecule is COc1ccc(C2(O)CCN(CCN3CCCCC3)CC2)c(OC)c1. The lowest BCUT2D eigenvalue weighted by molar-refractivity contribution is -0.0290. The molecule has 1 aromatic carbocycles. The van der Waals surface area contributed by atoms with E-state index in [-0.39, 0.29) is 0 Å². The second-order valence-electron chi connectivity index (χ2n) is 7.34. The molecule has 3 rings (SSSR count). The Balaban J connectivity index is 1.56. The Morgan fingerprint density at radius 2 is 1.56 bits per heavy atom. The molecule has 0 radical (unpaired) electrons. The average Bonchev–Trinajstić information content (AvgIpc) is 2.68. The van der Waals surface area contributed by atoms with E-state index in [0.29, 0.717) is 5.75 Å². The van der Waals surface area contributed by atoms with Gasteiger partial charge in [-0.05, 0) is 50.9 Å². The van der Waals surface area contributed by atoms with Crippen LogP contribution in [0.5, 0.6) is 11.5 Å². The molecule has 2 fully saturated rings. The van der Waals surface area contributed by atoms with Crippen LogP contribution in [0.4, 0.5) is 0 Å². The van der Waals surface area contributed by atoms with Crippen molar-refractivity contribution in [2.24, 2.45) is 0 Å². The highest BCUT2D eigenvalue weighted by Crippen LogP contribution is 2.39. The molecule has 0 saturated carbocycles. The first-order valence-corrected chi connectivity index (χ1v) is 9.54. The molecular weight excluding hydrogens is 316 g/mol. The van der Waals surface area contributed by atoms with Gasteiger partial charge < -0.3 is 24.4 Å². The van der Waals surface area contributed by atoms with Crippen molar-refractivity contribution in [1.82, 2.24) is 9.80 Å². The highest BCUT2D eigenvalue weighted by molar-refractivity contribution is 5.44. The van der Waals surface area contributed by atoms with Crippen LogP contribution in [0.1, 0.15) is 37.7 Å². The van der Waals surface area contributed by atoms with Gasteiger partial charge in [0.1, 0.15) is 11.5 Å². The van der Waals surface area contributed by atoms with Gasteiger partial charge in [0.25, 0.3) is 0 Å². The molecule has 1 aromatic rings. The lowest BCUT2D eigenvalue weighted by Gasteiger charge is -2.40. The zero-order valence-electron chi connectivity index (χ0n) is 15.7. The summed E-state index contributed by atoms with van der Waals surface area (Å²) in [6, 6.07) is 5.70. The van der Waals surface area contributed by atoms with Gasteiger partial charge in [-0.15, -0.1) is 0 Å². The van der Waals surface area contributed by atoms with E-state index >= 15 is 0 Å². The quantitative estimate of drug-likeness (QED) is 0.856. The summed E-state index contributed by atoms with van der Waals surface area (Å²) < 4.78 is 10.8. The van der Waals surface area contributed by atoms with Crippen molar-refractivity contribution < 1.29 is 14.6 Å². The molecule has 2 heterocycles. The van der Waals surface area contributed by atoms with E-state index in [4.69, 9.17) is 9.47 Å². The van der Waals surface area contributed by atoms with E-state index in [1.807, 2.05) is 18.2 Å². The van der Waals surface area contributed by atoms with Crippen molar-refractivity contribution in [2.75, 3.05) is 53.5 Å². The number of nitrogens with zero attached hydrogens (tertiary/aromatic N) is 2. The molecule has 0 bridgehead atoms. The van der Waals surface area contributed by atoms with Gasteiger partial charge in [0.2, 0.25) is 0 Å². The Bertz CT molecular complexity index is 550. The van der Waals surface area contributed by atoms with Crippen molar-refractivity contribution >= 4 is 0 Å².